The molecular formula is C23H32N4O2. The van der Waals surface area contributed by atoms with E-state index in [4.69, 9.17) is 9.84 Å². The first-order valence-electron chi connectivity index (χ1n) is 10.9. The van der Waals surface area contributed by atoms with Crippen molar-refractivity contribution < 1.29 is 9.53 Å². The minimum absolute atomic E-state index is 0.130. The summed E-state index contributed by atoms with van der Waals surface area (Å²) in [6.45, 7) is 9.47. The second-order valence-electron chi connectivity index (χ2n) is 8.21. The standard InChI is InChI=1S/C23H32N4O2/c1-3-27-22-10-13-29-16-20(22)21(25-27)15-26-11-8-19(9-12-26)24-23(28)14-18-7-5-4-6-17(18)2/h4-7,19H,3,8-16H2,1-2H3,(H,24,28). The number of rotatable bonds is 6. The number of hydrogen-bond acceptors (Lipinski definition) is 4. The highest BCUT2D eigenvalue weighted by atomic mass is 16.5. The first-order chi connectivity index (χ1) is 14.1. The highest BCUT2D eigenvalue weighted by molar-refractivity contribution is 5.79. The van der Waals surface area contributed by atoms with E-state index in [9.17, 15) is 4.79 Å². The van der Waals surface area contributed by atoms with Gasteiger partial charge in [0.2, 0.25) is 5.91 Å². The minimum atomic E-state index is 0.130. The van der Waals surface area contributed by atoms with Crippen LogP contribution in [0.15, 0.2) is 24.3 Å². The Kier molecular flexibility index (Phi) is 6.31. The summed E-state index contributed by atoms with van der Waals surface area (Å²) in [5, 5.41) is 8.09. The third kappa shape index (κ3) is 4.70. The van der Waals surface area contributed by atoms with Crippen molar-refractivity contribution in [1.82, 2.24) is 20.0 Å². The van der Waals surface area contributed by atoms with Gasteiger partial charge in [-0.15, -0.1) is 0 Å². The molecule has 0 saturated carbocycles. The predicted octanol–water partition coefficient (Wildman–Crippen LogP) is 2.61. The summed E-state index contributed by atoms with van der Waals surface area (Å²) in [6.07, 6.45) is 3.41. The summed E-state index contributed by atoms with van der Waals surface area (Å²) in [7, 11) is 0. The van der Waals surface area contributed by atoms with E-state index >= 15 is 0 Å². The summed E-state index contributed by atoms with van der Waals surface area (Å²) >= 11 is 0. The van der Waals surface area contributed by atoms with Gasteiger partial charge in [0.05, 0.1) is 25.3 Å². The third-order valence-electron chi connectivity index (χ3n) is 6.22. The monoisotopic (exact) mass is 396 g/mol. The molecule has 2 aliphatic heterocycles. The maximum Gasteiger partial charge on any atom is 0.224 e. The van der Waals surface area contributed by atoms with E-state index in [0.29, 0.717) is 13.0 Å². The number of piperidine rings is 1. The van der Waals surface area contributed by atoms with Gasteiger partial charge >= 0.3 is 0 Å². The number of benzene rings is 1. The van der Waals surface area contributed by atoms with E-state index in [0.717, 1.165) is 57.6 Å². The van der Waals surface area contributed by atoms with Crippen molar-refractivity contribution >= 4 is 5.91 Å². The lowest BCUT2D eigenvalue weighted by molar-refractivity contribution is -0.121. The number of hydrogen-bond donors (Lipinski definition) is 1. The summed E-state index contributed by atoms with van der Waals surface area (Å²) in [4.78, 5) is 14.9. The Morgan fingerprint density at radius 2 is 2.07 bits per heavy atom. The molecule has 1 aromatic carbocycles. The van der Waals surface area contributed by atoms with E-state index in [1.54, 1.807) is 0 Å². The van der Waals surface area contributed by atoms with Crippen LogP contribution in [-0.2, 0) is 42.1 Å². The van der Waals surface area contributed by atoms with Crippen LogP contribution in [0.5, 0.6) is 0 Å². The molecule has 29 heavy (non-hydrogen) atoms. The molecule has 156 valence electrons. The molecule has 0 unspecified atom stereocenters. The van der Waals surface area contributed by atoms with Crippen molar-refractivity contribution in [2.75, 3.05) is 19.7 Å². The van der Waals surface area contributed by atoms with Crippen LogP contribution in [0.1, 0.15) is 47.8 Å². The van der Waals surface area contributed by atoms with Gasteiger partial charge < -0.3 is 10.1 Å². The van der Waals surface area contributed by atoms with Crippen LogP contribution >= 0.6 is 0 Å². The van der Waals surface area contributed by atoms with E-state index in [1.807, 2.05) is 18.2 Å². The molecule has 1 aromatic heterocycles. The largest absolute Gasteiger partial charge is 0.376 e. The number of carbonyl (C=O) groups is 1. The number of amides is 1. The molecule has 2 aromatic rings. The number of likely N-dealkylation sites (tertiary alicyclic amines) is 1. The topological polar surface area (TPSA) is 59.4 Å². The second-order valence-corrected chi connectivity index (χ2v) is 8.21. The molecule has 1 fully saturated rings. The van der Waals surface area contributed by atoms with Gasteiger partial charge in [-0.25, -0.2) is 0 Å². The van der Waals surface area contributed by atoms with Gasteiger partial charge in [-0.1, -0.05) is 24.3 Å². The van der Waals surface area contributed by atoms with Crippen molar-refractivity contribution in [3.05, 3.63) is 52.3 Å². The Morgan fingerprint density at radius 3 is 2.83 bits per heavy atom. The zero-order chi connectivity index (χ0) is 20.2. The fourth-order valence-corrected chi connectivity index (χ4v) is 4.47. The lowest BCUT2D eigenvalue weighted by Crippen LogP contribution is -2.45. The van der Waals surface area contributed by atoms with Gasteiger partial charge in [-0.05, 0) is 37.8 Å². The number of aromatic nitrogens is 2. The fraction of sp³-hybridized carbons (Fsp3) is 0.565. The number of ether oxygens (including phenoxy) is 1. The fourth-order valence-electron chi connectivity index (χ4n) is 4.47. The van der Waals surface area contributed by atoms with Gasteiger partial charge in [0.15, 0.2) is 0 Å². The van der Waals surface area contributed by atoms with Crippen molar-refractivity contribution in [1.29, 1.82) is 0 Å². The molecule has 0 bridgehead atoms. The molecule has 1 amide bonds. The van der Waals surface area contributed by atoms with Gasteiger partial charge in [-0.3, -0.25) is 14.4 Å². The lowest BCUT2D eigenvalue weighted by atomic mass is 10.0. The number of carbonyl (C=O) groups excluding carboxylic acids is 1. The Balaban J connectivity index is 1.28. The molecule has 1 saturated heterocycles. The Labute approximate surface area is 173 Å². The van der Waals surface area contributed by atoms with Crippen LogP contribution in [0.3, 0.4) is 0 Å². The van der Waals surface area contributed by atoms with Crippen LogP contribution in [0.25, 0.3) is 0 Å². The van der Waals surface area contributed by atoms with E-state index in [-0.39, 0.29) is 11.9 Å². The van der Waals surface area contributed by atoms with Gasteiger partial charge in [-0.2, -0.15) is 5.10 Å². The van der Waals surface area contributed by atoms with Crippen LogP contribution in [0.2, 0.25) is 0 Å². The van der Waals surface area contributed by atoms with Crippen LogP contribution < -0.4 is 5.32 Å². The molecule has 0 atom stereocenters. The van der Waals surface area contributed by atoms with E-state index < -0.39 is 0 Å². The normalized spacial score (nSPS) is 17.9. The minimum Gasteiger partial charge on any atom is -0.376 e. The zero-order valence-corrected chi connectivity index (χ0v) is 17.6. The maximum atomic E-state index is 12.5. The third-order valence-corrected chi connectivity index (χ3v) is 6.22. The molecule has 0 spiro atoms. The van der Waals surface area contributed by atoms with Crippen molar-refractivity contribution in [2.45, 2.75) is 65.3 Å². The number of nitrogens with zero attached hydrogens (tertiary/aromatic N) is 3. The zero-order valence-electron chi connectivity index (χ0n) is 17.6. The summed E-state index contributed by atoms with van der Waals surface area (Å²) < 4.78 is 7.83. The molecule has 4 rings (SSSR count). The summed E-state index contributed by atoms with van der Waals surface area (Å²) in [5.41, 5.74) is 6.11. The quantitative estimate of drug-likeness (QED) is 0.815. The van der Waals surface area contributed by atoms with Gasteiger partial charge in [0, 0.05) is 49.9 Å². The lowest BCUT2D eigenvalue weighted by Gasteiger charge is -2.32. The SMILES string of the molecule is CCn1nc(CN2CCC(NC(=O)Cc3ccccc3C)CC2)c2c1CCOC2. The summed E-state index contributed by atoms with van der Waals surface area (Å²) in [6, 6.07) is 8.38. The Morgan fingerprint density at radius 1 is 1.28 bits per heavy atom. The molecule has 0 aliphatic carbocycles. The average molecular weight is 397 g/mol. The average Bonchev–Trinajstić information content (AvgIpc) is 3.09. The first kappa shape index (κ1) is 20.1. The Hall–Kier alpha value is -2.18. The van der Waals surface area contributed by atoms with Crippen LogP contribution in [0.4, 0.5) is 0 Å². The Bertz CT molecular complexity index is 853. The van der Waals surface area contributed by atoms with Crippen molar-refractivity contribution in [2.24, 2.45) is 0 Å². The van der Waals surface area contributed by atoms with Crippen LogP contribution in [-0.4, -0.2) is 46.3 Å². The second kappa shape index (κ2) is 9.09. The smallest absolute Gasteiger partial charge is 0.224 e. The highest BCUT2D eigenvalue weighted by Gasteiger charge is 2.25. The molecule has 3 heterocycles. The van der Waals surface area contributed by atoms with Crippen molar-refractivity contribution in [3.8, 4) is 0 Å². The number of nitrogens with one attached hydrogen (secondary N) is 1. The molecule has 6 nitrogen and oxygen atoms in total. The predicted molar refractivity (Wildman–Crippen MR) is 113 cm³/mol. The van der Waals surface area contributed by atoms with E-state index in [1.165, 1.54) is 22.5 Å². The number of aryl methyl sites for hydroxylation is 2. The molecule has 6 heteroatoms. The van der Waals surface area contributed by atoms with Crippen LogP contribution in [0, 0.1) is 6.92 Å². The van der Waals surface area contributed by atoms with Crippen molar-refractivity contribution in [3.63, 3.8) is 0 Å². The van der Waals surface area contributed by atoms with E-state index in [2.05, 4.69) is 34.8 Å². The van der Waals surface area contributed by atoms with Gasteiger partial charge in [0.25, 0.3) is 0 Å². The molecular weight excluding hydrogens is 364 g/mol. The highest BCUT2D eigenvalue weighted by Crippen LogP contribution is 2.23. The molecule has 1 N–H and O–H groups in total. The molecule has 2 aliphatic rings. The maximum absolute atomic E-state index is 12.5. The summed E-state index contributed by atoms with van der Waals surface area (Å²) in [5.74, 6) is 0.130. The first-order valence-corrected chi connectivity index (χ1v) is 10.9. The van der Waals surface area contributed by atoms with Gasteiger partial charge in [0.1, 0.15) is 0 Å². The molecule has 0 radical (unpaired) electrons. The number of fused-ring (bicyclic) bond motifs is 1.